The number of alkyl halides is 3. The number of amides is 1. The van der Waals surface area contributed by atoms with E-state index in [0.717, 1.165) is 23.9 Å². The summed E-state index contributed by atoms with van der Waals surface area (Å²) in [6, 6.07) is 4.91. The van der Waals surface area contributed by atoms with Crippen LogP contribution in [-0.4, -0.2) is 16.3 Å². The molecule has 1 aliphatic heterocycles. The molecule has 100 valence electrons. The zero-order valence-corrected chi connectivity index (χ0v) is 10.0. The quantitative estimate of drug-likeness (QED) is 0.474. The molecule has 1 aliphatic rings. The molecule has 0 aliphatic carbocycles. The maximum Gasteiger partial charge on any atom is 0.416 e. The Labute approximate surface area is 110 Å². The highest BCUT2D eigenvalue weighted by atomic mass is 32.2. The Balaban J connectivity index is 2.42. The Hall–Kier alpha value is -1.96. The topological polar surface area (TPSA) is 61.7 Å². The fourth-order valence-corrected chi connectivity index (χ4v) is 2.22. The van der Waals surface area contributed by atoms with Crippen LogP contribution in [0.4, 0.5) is 13.2 Å². The van der Waals surface area contributed by atoms with E-state index in [9.17, 15) is 18.0 Å². The molecule has 0 radical (unpaired) electrons. The maximum atomic E-state index is 12.8. The van der Waals surface area contributed by atoms with E-state index in [1.54, 1.807) is 0 Å². The van der Waals surface area contributed by atoms with Gasteiger partial charge in [0.1, 0.15) is 0 Å². The Morgan fingerprint density at radius 1 is 1.32 bits per heavy atom. The van der Waals surface area contributed by atoms with Crippen LogP contribution in [-0.2, 0) is 11.0 Å². The van der Waals surface area contributed by atoms with Gasteiger partial charge >= 0.3 is 6.18 Å². The first-order valence-corrected chi connectivity index (χ1v) is 5.82. The lowest BCUT2D eigenvalue weighted by atomic mass is 10.1. The molecule has 0 aromatic heterocycles. The number of thioether (sulfide) groups is 1. The van der Waals surface area contributed by atoms with Crippen molar-refractivity contribution in [3.8, 4) is 0 Å². The van der Waals surface area contributed by atoms with Gasteiger partial charge < -0.3 is 5.21 Å². The van der Waals surface area contributed by atoms with Gasteiger partial charge in [0.2, 0.25) is 5.17 Å². The summed E-state index contributed by atoms with van der Waals surface area (Å²) in [5.74, 6) is -0.602. The number of hydrogen-bond acceptors (Lipinski definition) is 4. The molecule has 1 saturated heterocycles. The molecule has 1 fully saturated rings. The number of amidine groups is 1. The highest BCUT2D eigenvalue weighted by Crippen LogP contribution is 2.34. The van der Waals surface area contributed by atoms with Crippen LogP contribution >= 0.6 is 11.8 Å². The van der Waals surface area contributed by atoms with Gasteiger partial charge in [-0.05, 0) is 29.5 Å². The van der Waals surface area contributed by atoms with Crippen molar-refractivity contribution in [3.05, 3.63) is 40.3 Å². The summed E-state index contributed by atoms with van der Waals surface area (Å²) in [5, 5.41) is 13.4. The zero-order chi connectivity index (χ0) is 14.0. The van der Waals surface area contributed by atoms with E-state index in [2.05, 4.69) is 10.5 Å². The van der Waals surface area contributed by atoms with Gasteiger partial charge in [0.15, 0.2) is 0 Å². The second-order valence-corrected chi connectivity index (χ2v) is 4.59. The minimum Gasteiger partial charge on any atom is -0.409 e. The first-order valence-electron chi connectivity index (χ1n) is 5.01. The number of nitrogens with one attached hydrogen (secondary N) is 1. The van der Waals surface area contributed by atoms with Gasteiger partial charge in [-0.2, -0.15) is 13.2 Å². The van der Waals surface area contributed by atoms with Gasteiger partial charge in [0, 0.05) is 0 Å². The van der Waals surface area contributed by atoms with Crippen LogP contribution in [0.1, 0.15) is 11.1 Å². The molecule has 1 aromatic carbocycles. The van der Waals surface area contributed by atoms with Crippen molar-refractivity contribution < 1.29 is 23.2 Å². The van der Waals surface area contributed by atoms with Crippen molar-refractivity contribution >= 4 is 28.9 Å². The molecular weight excluding hydrogens is 281 g/mol. The van der Waals surface area contributed by atoms with Gasteiger partial charge in [0.25, 0.3) is 5.91 Å². The standard InChI is InChI=1S/C11H7F3N2O2S/c12-11(13,14)7-4-2-1-3-6(7)5-8-9(17)15-10(16-18)19-8/h1-5,18H,(H,15,16,17). The first-order chi connectivity index (χ1) is 8.91. The summed E-state index contributed by atoms with van der Waals surface area (Å²) < 4.78 is 38.3. The van der Waals surface area contributed by atoms with Crippen LogP contribution in [0.2, 0.25) is 0 Å². The molecular formula is C11H7F3N2O2S. The molecule has 2 N–H and O–H groups in total. The normalized spacial score (nSPS) is 20.1. The van der Waals surface area contributed by atoms with Crippen LogP contribution in [0, 0.1) is 0 Å². The second kappa shape index (κ2) is 4.96. The molecule has 0 unspecified atom stereocenters. The summed E-state index contributed by atoms with van der Waals surface area (Å²) >= 11 is 0.766. The summed E-state index contributed by atoms with van der Waals surface area (Å²) in [6.45, 7) is 0. The molecule has 0 saturated carbocycles. The van der Waals surface area contributed by atoms with Gasteiger partial charge in [0.05, 0.1) is 10.5 Å². The van der Waals surface area contributed by atoms with E-state index in [0.29, 0.717) is 0 Å². The molecule has 0 atom stereocenters. The monoisotopic (exact) mass is 288 g/mol. The van der Waals surface area contributed by atoms with E-state index in [-0.39, 0.29) is 15.6 Å². The van der Waals surface area contributed by atoms with E-state index >= 15 is 0 Å². The Morgan fingerprint density at radius 3 is 2.58 bits per heavy atom. The lowest BCUT2D eigenvalue weighted by molar-refractivity contribution is -0.137. The van der Waals surface area contributed by atoms with Gasteiger partial charge in [-0.25, -0.2) is 0 Å². The first kappa shape index (κ1) is 13.5. The van der Waals surface area contributed by atoms with Crippen molar-refractivity contribution in [1.29, 1.82) is 0 Å². The number of oxime groups is 1. The zero-order valence-electron chi connectivity index (χ0n) is 9.23. The van der Waals surface area contributed by atoms with E-state index in [1.807, 2.05) is 0 Å². The highest BCUT2D eigenvalue weighted by molar-refractivity contribution is 8.18. The van der Waals surface area contributed by atoms with Crippen LogP contribution in [0.15, 0.2) is 34.3 Å². The average molecular weight is 288 g/mol. The number of benzene rings is 1. The van der Waals surface area contributed by atoms with Gasteiger partial charge in [-0.3, -0.25) is 10.1 Å². The Bertz CT molecular complexity index is 582. The predicted molar refractivity (Wildman–Crippen MR) is 64.4 cm³/mol. The number of hydrogen-bond donors (Lipinski definition) is 2. The van der Waals surface area contributed by atoms with Crippen molar-refractivity contribution in [1.82, 2.24) is 5.32 Å². The van der Waals surface area contributed by atoms with E-state index < -0.39 is 17.6 Å². The highest BCUT2D eigenvalue weighted by Gasteiger charge is 2.33. The summed E-state index contributed by atoms with van der Waals surface area (Å²) in [5.41, 5.74) is -0.947. The largest absolute Gasteiger partial charge is 0.416 e. The van der Waals surface area contributed by atoms with Gasteiger partial charge in [-0.1, -0.05) is 23.4 Å². The van der Waals surface area contributed by atoms with E-state index in [1.165, 1.54) is 18.2 Å². The predicted octanol–water partition coefficient (Wildman–Crippen LogP) is 2.65. The number of rotatable bonds is 1. The molecule has 0 spiro atoms. The van der Waals surface area contributed by atoms with E-state index in [4.69, 9.17) is 5.21 Å². The molecule has 0 bridgehead atoms. The molecule has 2 rings (SSSR count). The van der Waals surface area contributed by atoms with Crippen molar-refractivity contribution in [2.24, 2.45) is 5.16 Å². The minimum absolute atomic E-state index is 0.0319. The number of nitrogens with zero attached hydrogens (tertiary/aromatic N) is 1. The number of halogens is 3. The fraction of sp³-hybridized carbons (Fsp3) is 0.0909. The third-order valence-electron chi connectivity index (χ3n) is 2.29. The van der Waals surface area contributed by atoms with Crippen LogP contribution < -0.4 is 5.32 Å². The number of carbonyl (C=O) groups excluding carboxylic acids is 1. The Morgan fingerprint density at radius 2 is 2.00 bits per heavy atom. The summed E-state index contributed by atoms with van der Waals surface area (Å²) in [6.07, 6.45) is -3.39. The minimum atomic E-state index is -4.50. The van der Waals surface area contributed by atoms with Crippen LogP contribution in [0.5, 0.6) is 0 Å². The second-order valence-electron chi connectivity index (χ2n) is 3.55. The van der Waals surface area contributed by atoms with Crippen molar-refractivity contribution in [2.45, 2.75) is 6.18 Å². The third kappa shape index (κ3) is 2.90. The molecule has 19 heavy (non-hydrogen) atoms. The van der Waals surface area contributed by atoms with Crippen LogP contribution in [0.3, 0.4) is 0 Å². The lowest BCUT2D eigenvalue weighted by Crippen LogP contribution is -2.19. The van der Waals surface area contributed by atoms with Crippen molar-refractivity contribution in [3.63, 3.8) is 0 Å². The van der Waals surface area contributed by atoms with Crippen molar-refractivity contribution in [2.75, 3.05) is 0 Å². The molecule has 1 amide bonds. The fourth-order valence-electron chi connectivity index (χ4n) is 1.50. The average Bonchev–Trinajstić information content (AvgIpc) is 2.70. The third-order valence-corrected chi connectivity index (χ3v) is 3.19. The summed E-state index contributed by atoms with van der Waals surface area (Å²) in [4.78, 5) is 11.5. The summed E-state index contributed by atoms with van der Waals surface area (Å²) in [7, 11) is 0. The molecule has 8 heteroatoms. The molecule has 1 aromatic rings. The maximum absolute atomic E-state index is 12.8. The lowest BCUT2D eigenvalue weighted by Gasteiger charge is -2.09. The molecule has 4 nitrogen and oxygen atoms in total. The Kier molecular flexibility index (Phi) is 3.52. The number of carbonyl (C=O) groups is 1. The van der Waals surface area contributed by atoms with Crippen LogP contribution in [0.25, 0.3) is 6.08 Å². The molecule has 1 heterocycles. The van der Waals surface area contributed by atoms with Gasteiger partial charge in [-0.15, -0.1) is 0 Å². The smallest absolute Gasteiger partial charge is 0.409 e. The SMILES string of the molecule is O=C1NC(=NO)SC1=Cc1ccccc1C(F)(F)F.